The molecule has 2 rings (SSSR count). The van der Waals surface area contributed by atoms with Crippen molar-refractivity contribution in [2.75, 3.05) is 33.2 Å². The molecule has 144 valence electrons. The van der Waals surface area contributed by atoms with E-state index in [9.17, 15) is 9.59 Å². The number of hydrogen-bond acceptors (Lipinski definition) is 4. The molecule has 1 fully saturated rings. The summed E-state index contributed by atoms with van der Waals surface area (Å²) >= 11 is 0. The predicted molar refractivity (Wildman–Crippen MR) is 102 cm³/mol. The highest BCUT2D eigenvalue weighted by Crippen LogP contribution is 2.24. The van der Waals surface area contributed by atoms with E-state index in [1.54, 1.807) is 27.8 Å². The Morgan fingerprint density at radius 2 is 1.81 bits per heavy atom. The van der Waals surface area contributed by atoms with Gasteiger partial charge in [-0.05, 0) is 52.3 Å². The molecule has 0 saturated carbocycles. The normalized spacial score (nSPS) is 16.2. The van der Waals surface area contributed by atoms with Gasteiger partial charge in [-0.15, -0.1) is 0 Å². The van der Waals surface area contributed by atoms with Crippen molar-refractivity contribution in [1.29, 1.82) is 0 Å². The van der Waals surface area contributed by atoms with E-state index in [4.69, 9.17) is 4.74 Å². The molecule has 0 radical (unpaired) electrons. The maximum absolute atomic E-state index is 12.3. The van der Waals surface area contributed by atoms with Gasteiger partial charge in [0.05, 0.1) is 6.04 Å². The third-order valence-electron chi connectivity index (χ3n) is 4.34. The zero-order valence-electron chi connectivity index (χ0n) is 16.3. The largest absolute Gasteiger partial charge is 0.444 e. The SMILES string of the molecule is CN(CC(=O)NCC(c1ccccc1)N1CCCC1)C(=O)OC(C)(C)C. The van der Waals surface area contributed by atoms with Gasteiger partial charge < -0.3 is 15.0 Å². The minimum atomic E-state index is -0.573. The Kier molecular flexibility index (Phi) is 7.03. The molecule has 1 unspecified atom stereocenters. The van der Waals surface area contributed by atoms with Crippen LogP contribution in [0.1, 0.15) is 45.2 Å². The number of ether oxygens (including phenoxy) is 1. The second-order valence-electron chi connectivity index (χ2n) is 7.81. The Morgan fingerprint density at radius 1 is 1.19 bits per heavy atom. The Hall–Kier alpha value is -2.08. The molecule has 6 nitrogen and oxygen atoms in total. The quantitative estimate of drug-likeness (QED) is 0.846. The van der Waals surface area contributed by atoms with E-state index >= 15 is 0 Å². The third-order valence-corrected chi connectivity index (χ3v) is 4.34. The summed E-state index contributed by atoms with van der Waals surface area (Å²) in [5.74, 6) is -0.182. The molecule has 1 aromatic carbocycles. The van der Waals surface area contributed by atoms with Gasteiger partial charge in [-0.25, -0.2) is 4.79 Å². The highest BCUT2D eigenvalue weighted by atomic mass is 16.6. The Balaban J connectivity index is 1.89. The second-order valence-corrected chi connectivity index (χ2v) is 7.81. The molecule has 1 atom stereocenters. The minimum absolute atomic E-state index is 0.0174. The van der Waals surface area contributed by atoms with Gasteiger partial charge in [0.1, 0.15) is 12.1 Å². The first-order valence-electron chi connectivity index (χ1n) is 9.26. The van der Waals surface area contributed by atoms with Gasteiger partial charge in [-0.3, -0.25) is 9.69 Å². The monoisotopic (exact) mass is 361 g/mol. The molecular weight excluding hydrogens is 330 g/mol. The van der Waals surface area contributed by atoms with Crippen molar-refractivity contribution in [3.8, 4) is 0 Å². The zero-order chi connectivity index (χ0) is 19.2. The molecule has 2 amide bonds. The van der Waals surface area contributed by atoms with E-state index in [2.05, 4.69) is 22.3 Å². The highest BCUT2D eigenvalue weighted by molar-refractivity contribution is 5.82. The molecule has 6 heteroatoms. The standard InChI is InChI=1S/C20H31N3O3/c1-20(2,3)26-19(25)22(4)15-18(24)21-14-17(23-12-8-9-13-23)16-10-6-5-7-11-16/h5-7,10-11,17H,8-9,12-15H2,1-4H3,(H,21,24). The van der Waals surface area contributed by atoms with Crippen LogP contribution in [-0.4, -0.2) is 60.6 Å². The number of rotatable bonds is 6. The van der Waals surface area contributed by atoms with Crippen molar-refractivity contribution >= 4 is 12.0 Å². The van der Waals surface area contributed by atoms with Crippen molar-refractivity contribution in [3.63, 3.8) is 0 Å². The summed E-state index contributed by atoms with van der Waals surface area (Å²) in [6.07, 6.45) is 1.89. The molecule has 1 aliphatic heterocycles. The van der Waals surface area contributed by atoms with Crippen molar-refractivity contribution in [2.24, 2.45) is 0 Å². The minimum Gasteiger partial charge on any atom is -0.444 e. The van der Waals surface area contributed by atoms with Crippen LogP contribution in [0.4, 0.5) is 4.79 Å². The highest BCUT2D eigenvalue weighted by Gasteiger charge is 2.25. The van der Waals surface area contributed by atoms with Crippen molar-refractivity contribution in [2.45, 2.75) is 45.3 Å². The lowest BCUT2D eigenvalue weighted by Gasteiger charge is -2.29. The first kappa shape index (κ1) is 20.2. The van der Waals surface area contributed by atoms with Gasteiger partial charge >= 0.3 is 6.09 Å². The Morgan fingerprint density at radius 3 is 2.38 bits per heavy atom. The Bertz CT molecular complexity index is 592. The number of nitrogens with one attached hydrogen (secondary N) is 1. The van der Waals surface area contributed by atoms with Crippen LogP contribution in [0.5, 0.6) is 0 Å². The fraction of sp³-hybridized carbons (Fsp3) is 0.600. The molecule has 1 N–H and O–H groups in total. The molecule has 0 aromatic heterocycles. The maximum Gasteiger partial charge on any atom is 0.410 e. The van der Waals surface area contributed by atoms with E-state index in [-0.39, 0.29) is 18.5 Å². The number of carbonyl (C=O) groups excluding carboxylic acids is 2. The van der Waals surface area contributed by atoms with Crippen molar-refractivity contribution in [1.82, 2.24) is 15.1 Å². The van der Waals surface area contributed by atoms with Crippen molar-refractivity contribution < 1.29 is 14.3 Å². The van der Waals surface area contributed by atoms with Crippen LogP contribution < -0.4 is 5.32 Å². The van der Waals surface area contributed by atoms with Crippen LogP contribution in [0, 0.1) is 0 Å². The summed E-state index contributed by atoms with van der Waals surface area (Å²) in [4.78, 5) is 28.0. The summed E-state index contributed by atoms with van der Waals surface area (Å²) in [6.45, 7) is 8.03. The van der Waals surface area contributed by atoms with Crippen molar-refractivity contribution in [3.05, 3.63) is 35.9 Å². The molecule has 0 aliphatic carbocycles. The van der Waals surface area contributed by atoms with Gasteiger partial charge in [0, 0.05) is 13.6 Å². The summed E-state index contributed by atoms with van der Waals surface area (Å²) in [6, 6.07) is 10.4. The predicted octanol–water partition coefficient (Wildman–Crippen LogP) is 2.81. The fourth-order valence-electron chi connectivity index (χ4n) is 3.07. The second kappa shape index (κ2) is 9.03. The van der Waals surface area contributed by atoms with Crippen LogP contribution in [0.15, 0.2) is 30.3 Å². The third kappa shape index (κ3) is 6.33. The average molecular weight is 361 g/mol. The molecule has 0 bridgehead atoms. The summed E-state index contributed by atoms with van der Waals surface area (Å²) in [5.41, 5.74) is 0.630. The van der Waals surface area contributed by atoms with Gasteiger partial charge in [0.25, 0.3) is 0 Å². The van der Waals surface area contributed by atoms with E-state index < -0.39 is 11.7 Å². The van der Waals surface area contributed by atoms with E-state index in [1.165, 1.54) is 23.3 Å². The lowest BCUT2D eigenvalue weighted by atomic mass is 10.1. The molecule has 1 saturated heterocycles. The molecule has 0 spiro atoms. The molecular formula is C20H31N3O3. The number of benzene rings is 1. The number of amides is 2. The van der Waals surface area contributed by atoms with Crippen LogP contribution in [0.25, 0.3) is 0 Å². The topological polar surface area (TPSA) is 61.9 Å². The van der Waals surface area contributed by atoms with Crippen LogP contribution in [-0.2, 0) is 9.53 Å². The zero-order valence-corrected chi connectivity index (χ0v) is 16.3. The molecule has 1 aromatic rings. The number of nitrogens with zero attached hydrogens (tertiary/aromatic N) is 2. The lowest BCUT2D eigenvalue weighted by Crippen LogP contribution is -2.43. The summed E-state index contributed by atoms with van der Waals surface area (Å²) in [5, 5.41) is 2.98. The van der Waals surface area contributed by atoms with Crippen LogP contribution >= 0.6 is 0 Å². The van der Waals surface area contributed by atoms with Gasteiger partial charge in [-0.1, -0.05) is 30.3 Å². The average Bonchev–Trinajstić information content (AvgIpc) is 3.08. The lowest BCUT2D eigenvalue weighted by molar-refractivity contribution is -0.122. The first-order chi connectivity index (χ1) is 12.3. The van der Waals surface area contributed by atoms with Gasteiger partial charge in [-0.2, -0.15) is 0 Å². The molecule has 26 heavy (non-hydrogen) atoms. The summed E-state index contributed by atoms with van der Waals surface area (Å²) < 4.78 is 5.28. The summed E-state index contributed by atoms with van der Waals surface area (Å²) in [7, 11) is 1.57. The van der Waals surface area contributed by atoms with Gasteiger partial charge in [0.2, 0.25) is 5.91 Å². The fourth-order valence-corrected chi connectivity index (χ4v) is 3.07. The van der Waals surface area contributed by atoms with Gasteiger partial charge in [0.15, 0.2) is 0 Å². The number of hydrogen-bond donors (Lipinski definition) is 1. The number of likely N-dealkylation sites (tertiary alicyclic amines) is 1. The smallest absolute Gasteiger partial charge is 0.410 e. The molecule has 1 aliphatic rings. The van der Waals surface area contributed by atoms with Crippen LogP contribution in [0.2, 0.25) is 0 Å². The molecule has 1 heterocycles. The first-order valence-corrected chi connectivity index (χ1v) is 9.26. The van der Waals surface area contributed by atoms with E-state index in [1.807, 2.05) is 18.2 Å². The Labute approximate surface area is 156 Å². The van der Waals surface area contributed by atoms with E-state index in [0.717, 1.165) is 13.1 Å². The number of carbonyl (C=O) groups is 2. The number of likely N-dealkylation sites (N-methyl/N-ethyl adjacent to an activating group) is 1. The van der Waals surface area contributed by atoms with Crippen LogP contribution in [0.3, 0.4) is 0 Å². The maximum atomic E-state index is 12.3. The van der Waals surface area contributed by atoms with E-state index in [0.29, 0.717) is 6.54 Å².